The molecule has 1 rings (SSSR count). The minimum absolute atomic E-state index is 0.697. The van der Waals surface area contributed by atoms with Gasteiger partial charge in [-0.2, -0.15) is 0 Å². The van der Waals surface area contributed by atoms with E-state index in [-0.39, 0.29) is 0 Å². The van der Waals surface area contributed by atoms with Gasteiger partial charge in [0.1, 0.15) is 0 Å². The van der Waals surface area contributed by atoms with Crippen LogP contribution >= 0.6 is 0 Å². The van der Waals surface area contributed by atoms with Gasteiger partial charge >= 0.3 is 0 Å². The highest BCUT2D eigenvalue weighted by atomic mass is 14.2. The molecule has 0 heterocycles. The summed E-state index contributed by atoms with van der Waals surface area (Å²) in [5, 5.41) is 0. The van der Waals surface area contributed by atoms with E-state index in [1.165, 1.54) is 49.7 Å². The second kappa shape index (κ2) is 21.5. The van der Waals surface area contributed by atoms with Crippen LogP contribution in [0.3, 0.4) is 0 Å². The molecule has 21 heavy (non-hydrogen) atoms. The molecule has 0 heteroatoms. The van der Waals surface area contributed by atoms with Gasteiger partial charge in [0.25, 0.3) is 0 Å². The molecular weight excluding hydrogens is 252 g/mol. The third-order valence-electron chi connectivity index (χ3n) is 3.17. The average Bonchev–Trinajstić information content (AvgIpc) is 2.77. The number of hydrogen-bond donors (Lipinski definition) is 0. The zero-order valence-electron chi connectivity index (χ0n) is 16.1. The highest BCUT2D eigenvalue weighted by Gasteiger charge is 2.16. The Bertz CT molecular complexity index is 243. The molecule has 0 amide bonds. The van der Waals surface area contributed by atoms with Gasteiger partial charge < -0.3 is 0 Å². The lowest BCUT2D eigenvalue weighted by molar-refractivity contribution is 0.742. The van der Waals surface area contributed by atoms with Crippen LogP contribution in [0.2, 0.25) is 0 Å². The first-order chi connectivity index (χ1) is 10.0. The highest BCUT2D eigenvalue weighted by Crippen LogP contribution is 2.32. The molecule has 1 fully saturated rings. The molecule has 0 saturated heterocycles. The Morgan fingerprint density at radius 2 is 1.57 bits per heavy atom. The number of rotatable bonds is 4. The number of allylic oxidation sites excluding steroid dienone is 4. The van der Waals surface area contributed by atoms with E-state index in [0.717, 1.165) is 6.42 Å². The summed E-state index contributed by atoms with van der Waals surface area (Å²) in [4.78, 5) is 0. The molecule has 0 aromatic rings. The molecule has 0 spiro atoms. The zero-order chi connectivity index (χ0) is 17.1. The lowest BCUT2D eigenvalue weighted by atomic mass is 10.1. The fourth-order valence-corrected chi connectivity index (χ4v) is 1.83. The molecule has 0 N–H and O–H groups in total. The summed E-state index contributed by atoms with van der Waals surface area (Å²) < 4.78 is 0. The monoisotopic (exact) mass is 294 g/mol. The Morgan fingerprint density at radius 3 is 1.67 bits per heavy atom. The zero-order valence-corrected chi connectivity index (χ0v) is 16.1. The smallest absolute Gasteiger partial charge is 0.0111 e. The highest BCUT2D eigenvalue weighted by molar-refractivity contribution is 5.20. The average molecular weight is 295 g/mol. The van der Waals surface area contributed by atoms with Crippen LogP contribution in [0.25, 0.3) is 0 Å². The Kier molecular flexibility index (Phi) is 25.8. The molecule has 126 valence electrons. The maximum absolute atomic E-state index is 3.92. The second-order valence-corrected chi connectivity index (χ2v) is 5.40. The first-order valence-electron chi connectivity index (χ1n) is 8.98. The van der Waals surface area contributed by atoms with E-state index in [1.54, 1.807) is 0 Å². The van der Waals surface area contributed by atoms with E-state index in [0.29, 0.717) is 5.92 Å². The standard InChI is InChI=1S/C8H12.C6H12.C5H12.C2H6/c1-6-4-7(2)8(3)5-6;1-3-5-6-4-2;1-3-5-4-2;1-2/h8H,1-2,4-5H2,3H3;3,5H,4,6H2,1-2H3;3-5H2,1-2H3;1-2H3/b;5-3-;;. The third-order valence-corrected chi connectivity index (χ3v) is 3.17. The maximum Gasteiger partial charge on any atom is -0.0111 e. The van der Waals surface area contributed by atoms with Gasteiger partial charge in [0, 0.05) is 0 Å². The summed E-state index contributed by atoms with van der Waals surface area (Å²) in [5.41, 5.74) is 2.71. The van der Waals surface area contributed by atoms with Crippen LogP contribution in [-0.4, -0.2) is 0 Å². The minimum atomic E-state index is 0.697. The summed E-state index contributed by atoms with van der Waals surface area (Å²) >= 11 is 0. The van der Waals surface area contributed by atoms with Crippen molar-refractivity contribution < 1.29 is 0 Å². The fraction of sp³-hybridized carbons (Fsp3) is 0.714. The molecule has 0 aromatic carbocycles. The van der Waals surface area contributed by atoms with Crippen LogP contribution in [0.5, 0.6) is 0 Å². The van der Waals surface area contributed by atoms with Crippen molar-refractivity contribution in [1.29, 1.82) is 0 Å². The van der Waals surface area contributed by atoms with E-state index < -0.39 is 0 Å². The van der Waals surface area contributed by atoms with Gasteiger partial charge in [-0.25, -0.2) is 0 Å². The summed E-state index contributed by atoms with van der Waals surface area (Å²) in [7, 11) is 0. The summed E-state index contributed by atoms with van der Waals surface area (Å²) in [6.45, 7) is 22.7. The van der Waals surface area contributed by atoms with Crippen molar-refractivity contribution in [2.45, 2.75) is 93.4 Å². The molecule has 0 aliphatic heterocycles. The molecule has 0 bridgehead atoms. The van der Waals surface area contributed by atoms with Crippen molar-refractivity contribution in [3.05, 3.63) is 36.5 Å². The predicted molar refractivity (Wildman–Crippen MR) is 103 cm³/mol. The Hall–Kier alpha value is -0.780. The molecule has 0 nitrogen and oxygen atoms in total. The second-order valence-electron chi connectivity index (χ2n) is 5.40. The van der Waals surface area contributed by atoms with E-state index in [4.69, 9.17) is 0 Å². The molecule has 0 radical (unpaired) electrons. The van der Waals surface area contributed by atoms with Crippen molar-refractivity contribution in [2.24, 2.45) is 5.92 Å². The van der Waals surface area contributed by atoms with Crippen molar-refractivity contribution in [3.8, 4) is 0 Å². The van der Waals surface area contributed by atoms with Crippen LogP contribution in [0.4, 0.5) is 0 Å². The van der Waals surface area contributed by atoms with Crippen LogP contribution < -0.4 is 0 Å². The van der Waals surface area contributed by atoms with Gasteiger partial charge in [-0.3, -0.25) is 0 Å². The first-order valence-corrected chi connectivity index (χ1v) is 8.98. The van der Waals surface area contributed by atoms with E-state index in [1.807, 2.05) is 13.8 Å². The van der Waals surface area contributed by atoms with Crippen LogP contribution in [0.15, 0.2) is 36.5 Å². The van der Waals surface area contributed by atoms with Crippen molar-refractivity contribution >= 4 is 0 Å². The lowest BCUT2D eigenvalue weighted by Gasteiger charge is -1.96. The van der Waals surface area contributed by atoms with Crippen molar-refractivity contribution in [2.75, 3.05) is 0 Å². The summed E-state index contributed by atoms with van der Waals surface area (Å²) in [5.74, 6) is 0.697. The van der Waals surface area contributed by atoms with Crippen LogP contribution in [0, 0.1) is 5.92 Å². The number of unbranched alkanes of at least 4 members (excludes halogenated alkanes) is 3. The number of hydrogen-bond acceptors (Lipinski definition) is 0. The molecule has 1 atom stereocenters. The van der Waals surface area contributed by atoms with Gasteiger partial charge in [-0.05, 0) is 32.1 Å². The Morgan fingerprint density at radius 1 is 1.05 bits per heavy atom. The SMILES string of the molecule is C/C=C\CCC.C=C1CC(=C)C(C)C1.CC.CCCCC. The molecular formula is C21H42. The molecule has 0 aromatic heterocycles. The molecule has 1 saturated carbocycles. The quantitative estimate of drug-likeness (QED) is 0.459. The van der Waals surface area contributed by atoms with Gasteiger partial charge in [-0.15, -0.1) is 0 Å². The summed E-state index contributed by atoms with van der Waals surface area (Å²) in [6.07, 6.45) is 13.1. The van der Waals surface area contributed by atoms with Crippen molar-refractivity contribution in [3.63, 3.8) is 0 Å². The fourth-order valence-electron chi connectivity index (χ4n) is 1.83. The van der Waals surface area contributed by atoms with E-state index >= 15 is 0 Å². The van der Waals surface area contributed by atoms with Crippen molar-refractivity contribution in [1.82, 2.24) is 0 Å². The molecule has 1 unspecified atom stereocenters. The largest absolute Gasteiger partial charge is 0.0995 e. The first kappa shape index (κ1) is 25.2. The van der Waals surface area contributed by atoms with Gasteiger partial charge in [-0.1, -0.05) is 104 Å². The van der Waals surface area contributed by atoms with E-state index in [9.17, 15) is 0 Å². The molecule has 1 aliphatic carbocycles. The third kappa shape index (κ3) is 21.7. The van der Waals surface area contributed by atoms with Crippen LogP contribution in [0.1, 0.15) is 93.4 Å². The van der Waals surface area contributed by atoms with Gasteiger partial charge in [0.05, 0.1) is 0 Å². The van der Waals surface area contributed by atoms with Gasteiger partial charge in [0.2, 0.25) is 0 Å². The minimum Gasteiger partial charge on any atom is -0.0995 e. The Labute approximate surface area is 136 Å². The normalized spacial score (nSPS) is 16.4. The van der Waals surface area contributed by atoms with Crippen LogP contribution in [-0.2, 0) is 0 Å². The summed E-state index contributed by atoms with van der Waals surface area (Å²) in [6, 6.07) is 0. The van der Waals surface area contributed by atoms with Gasteiger partial charge in [0.15, 0.2) is 0 Å². The van der Waals surface area contributed by atoms with E-state index in [2.05, 4.69) is 59.9 Å². The lowest BCUT2D eigenvalue weighted by Crippen LogP contribution is -1.84. The maximum atomic E-state index is 3.92. The molecule has 1 aliphatic rings. The predicted octanol–water partition coefficient (Wildman–Crippen LogP) is 8.11. The topological polar surface area (TPSA) is 0 Å². The Balaban J connectivity index is -0.000000225.